The highest BCUT2D eigenvalue weighted by Crippen LogP contribution is 2.29. The number of rotatable bonds is 2. The van der Waals surface area contributed by atoms with Crippen molar-refractivity contribution in [3.63, 3.8) is 0 Å². The summed E-state index contributed by atoms with van der Waals surface area (Å²) < 4.78 is 0. The SMILES string of the molecule is N#CCNC(=O)C1(O)CCCC1. The Bertz CT molecular complexity index is 214. The highest BCUT2D eigenvalue weighted by Gasteiger charge is 2.38. The minimum absolute atomic E-state index is 0.0266. The fraction of sp³-hybridized carbons (Fsp3) is 0.750. The fourth-order valence-electron chi connectivity index (χ4n) is 1.47. The number of amides is 1. The Morgan fingerprint density at radius 2 is 2.17 bits per heavy atom. The van der Waals surface area contributed by atoms with E-state index in [9.17, 15) is 9.90 Å². The van der Waals surface area contributed by atoms with Gasteiger partial charge < -0.3 is 10.4 Å². The van der Waals surface area contributed by atoms with Gasteiger partial charge in [-0.1, -0.05) is 0 Å². The van der Waals surface area contributed by atoms with Crippen LogP contribution in [0.1, 0.15) is 25.7 Å². The molecule has 66 valence electrons. The minimum atomic E-state index is -1.20. The summed E-state index contributed by atoms with van der Waals surface area (Å²) in [5.41, 5.74) is -1.20. The first-order valence-electron chi connectivity index (χ1n) is 4.07. The van der Waals surface area contributed by atoms with Crippen LogP contribution < -0.4 is 5.32 Å². The molecular formula is C8H12N2O2. The van der Waals surface area contributed by atoms with E-state index in [2.05, 4.69) is 5.32 Å². The Hall–Kier alpha value is -1.08. The third-order valence-corrected chi connectivity index (χ3v) is 2.18. The molecule has 0 aromatic rings. The summed E-state index contributed by atoms with van der Waals surface area (Å²) in [5, 5.41) is 20.2. The van der Waals surface area contributed by atoms with Crippen LogP contribution in [0.2, 0.25) is 0 Å². The quantitative estimate of drug-likeness (QED) is 0.567. The Morgan fingerprint density at radius 1 is 1.58 bits per heavy atom. The van der Waals surface area contributed by atoms with Crippen molar-refractivity contribution in [3.05, 3.63) is 0 Å². The van der Waals surface area contributed by atoms with Gasteiger partial charge in [0.15, 0.2) is 0 Å². The van der Waals surface area contributed by atoms with Crippen molar-refractivity contribution in [1.29, 1.82) is 5.26 Å². The van der Waals surface area contributed by atoms with Gasteiger partial charge in [-0.15, -0.1) is 0 Å². The van der Waals surface area contributed by atoms with Gasteiger partial charge in [-0.2, -0.15) is 5.26 Å². The molecule has 1 aliphatic carbocycles. The maximum atomic E-state index is 11.2. The zero-order valence-electron chi connectivity index (χ0n) is 6.84. The van der Waals surface area contributed by atoms with Crippen LogP contribution in [-0.4, -0.2) is 23.2 Å². The molecule has 0 unspecified atom stereocenters. The van der Waals surface area contributed by atoms with Crippen molar-refractivity contribution < 1.29 is 9.90 Å². The molecule has 0 heterocycles. The molecule has 0 aromatic heterocycles. The molecule has 0 radical (unpaired) electrons. The van der Waals surface area contributed by atoms with E-state index in [1.165, 1.54) is 0 Å². The van der Waals surface area contributed by atoms with E-state index in [-0.39, 0.29) is 6.54 Å². The van der Waals surface area contributed by atoms with Gasteiger partial charge in [0.05, 0.1) is 6.07 Å². The van der Waals surface area contributed by atoms with Crippen molar-refractivity contribution in [2.24, 2.45) is 0 Å². The van der Waals surface area contributed by atoms with Crippen LogP contribution in [0.15, 0.2) is 0 Å². The number of aliphatic hydroxyl groups is 1. The second-order valence-electron chi connectivity index (χ2n) is 3.08. The smallest absolute Gasteiger partial charge is 0.252 e. The van der Waals surface area contributed by atoms with Crippen LogP contribution in [-0.2, 0) is 4.79 Å². The predicted molar refractivity (Wildman–Crippen MR) is 42.0 cm³/mol. The van der Waals surface area contributed by atoms with Gasteiger partial charge in [0.2, 0.25) is 0 Å². The van der Waals surface area contributed by atoms with Crippen molar-refractivity contribution in [2.75, 3.05) is 6.54 Å². The lowest BCUT2D eigenvalue weighted by Gasteiger charge is -2.19. The fourth-order valence-corrected chi connectivity index (χ4v) is 1.47. The molecule has 1 rings (SSSR count). The third kappa shape index (κ3) is 1.74. The number of nitriles is 1. The lowest BCUT2D eigenvalue weighted by molar-refractivity contribution is -0.138. The molecule has 0 atom stereocenters. The summed E-state index contributed by atoms with van der Waals surface area (Å²) in [4.78, 5) is 11.2. The molecule has 2 N–H and O–H groups in total. The zero-order valence-corrected chi connectivity index (χ0v) is 6.84. The summed E-state index contributed by atoms with van der Waals surface area (Å²) in [6.07, 6.45) is 2.81. The summed E-state index contributed by atoms with van der Waals surface area (Å²) in [7, 11) is 0. The molecule has 12 heavy (non-hydrogen) atoms. The van der Waals surface area contributed by atoms with Crippen LogP contribution in [0.5, 0.6) is 0 Å². The van der Waals surface area contributed by atoms with Gasteiger partial charge in [0.25, 0.3) is 5.91 Å². The first-order chi connectivity index (χ1) is 5.69. The molecule has 1 saturated carbocycles. The van der Waals surface area contributed by atoms with E-state index in [0.717, 1.165) is 12.8 Å². The Kier molecular flexibility index (Phi) is 2.66. The first-order valence-corrected chi connectivity index (χ1v) is 4.07. The summed E-state index contributed by atoms with van der Waals surface area (Å²) in [6, 6.07) is 1.80. The van der Waals surface area contributed by atoms with Gasteiger partial charge in [-0.25, -0.2) is 0 Å². The van der Waals surface area contributed by atoms with Gasteiger partial charge in [-0.3, -0.25) is 4.79 Å². The summed E-state index contributed by atoms with van der Waals surface area (Å²) in [6.45, 7) is -0.0266. The number of nitrogens with one attached hydrogen (secondary N) is 1. The van der Waals surface area contributed by atoms with E-state index >= 15 is 0 Å². The molecule has 4 heteroatoms. The second-order valence-corrected chi connectivity index (χ2v) is 3.08. The van der Waals surface area contributed by atoms with E-state index in [1.54, 1.807) is 6.07 Å². The molecule has 1 aliphatic rings. The minimum Gasteiger partial charge on any atom is -0.380 e. The summed E-state index contributed by atoms with van der Waals surface area (Å²) in [5.74, 6) is -0.401. The van der Waals surface area contributed by atoms with E-state index in [0.29, 0.717) is 12.8 Å². The average molecular weight is 168 g/mol. The molecule has 0 aromatic carbocycles. The lowest BCUT2D eigenvalue weighted by Crippen LogP contribution is -2.44. The number of hydrogen-bond acceptors (Lipinski definition) is 3. The maximum Gasteiger partial charge on any atom is 0.252 e. The standard InChI is InChI=1S/C8H12N2O2/c9-5-6-10-7(11)8(12)3-1-2-4-8/h12H,1-4,6H2,(H,10,11). The van der Waals surface area contributed by atoms with Crippen LogP contribution in [0.4, 0.5) is 0 Å². The number of carbonyl (C=O) groups excluding carboxylic acids is 1. The van der Waals surface area contributed by atoms with Crippen molar-refractivity contribution in [2.45, 2.75) is 31.3 Å². The molecule has 1 fully saturated rings. The largest absolute Gasteiger partial charge is 0.380 e. The Balaban J connectivity index is 2.45. The topological polar surface area (TPSA) is 73.1 Å². The second kappa shape index (κ2) is 3.55. The maximum absolute atomic E-state index is 11.2. The monoisotopic (exact) mass is 168 g/mol. The van der Waals surface area contributed by atoms with Gasteiger partial charge in [-0.05, 0) is 25.7 Å². The van der Waals surface area contributed by atoms with Crippen molar-refractivity contribution >= 4 is 5.91 Å². The van der Waals surface area contributed by atoms with Gasteiger partial charge >= 0.3 is 0 Å². The van der Waals surface area contributed by atoms with Crippen LogP contribution in [0.3, 0.4) is 0 Å². The number of nitrogens with zero attached hydrogens (tertiary/aromatic N) is 1. The van der Waals surface area contributed by atoms with Crippen LogP contribution >= 0.6 is 0 Å². The molecule has 1 amide bonds. The summed E-state index contributed by atoms with van der Waals surface area (Å²) >= 11 is 0. The molecule has 4 nitrogen and oxygen atoms in total. The Labute approximate surface area is 71.2 Å². The van der Waals surface area contributed by atoms with Crippen molar-refractivity contribution in [3.8, 4) is 6.07 Å². The van der Waals surface area contributed by atoms with Gasteiger partial charge in [0.1, 0.15) is 12.1 Å². The Morgan fingerprint density at radius 3 is 2.67 bits per heavy atom. The average Bonchev–Trinajstić information content (AvgIpc) is 2.49. The molecule has 0 saturated heterocycles. The zero-order chi connectivity index (χ0) is 9.03. The van der Waals surface area contributed by atoms with Crippen molar-refractivity contribution in [1.82, 2.24) is 5.32 Å². The van der Waals surface area contributed by atoms with Crippen LogP contribution in [0.25, 0.3) is 0 Å². The molecule has 0 aliphatic heterocycles. The van der Waals surface area contributed by atoms with E-state index in [1.807, 2.05) is 0 Å². The molecular weight excluding hydrogens is 156 g/mol. The van der Waals surface area contributed by atoms with E-state index < -0.39 is 11.5 Å². The normalized spacial score (nSPS) is 20.0. The first kappa shape index (κ1) is 9.01. The highest BCUT2D eigenvalue weighted by molar-refractivity contribution is 5.85. The van der Waals surface area contributed by atoms with Gasteiger partial charge in [0, 0.05) is 0 Å². The highest BCUT2D eigenvalue weighted by atomic mass is 16.3. The predicted octanol–water partition coefficient (Wildman–Crippen LogP) is -0.0687. The lowest BCUT2D eigenvalue weighted by atomic mass is 10.0. The van der Waals surface area contributed by atoms with E-state index in [4.69, 9.17) is 5.26 Å². The molecule has 0 spiro atoms. The number of carbonyl (C=O) groups is 1. The number of hydrogen-bond donors (Lipinski definition) is 2. The van der Waals surface area contributed by atoms with Crippen LogP contribution in [0, 0.1) is 11.3 Å². The third-order valence-electron chi connectivity index (χ3n) is 2.18. The molecule has 0 bridgehead atoms.